The molecule has 9 heteroatoms. The molecule has 2 N–H and O–H groups in total. The molecule has 4 rings (SSSR count). The smallest absolute Gasteiger partial charge is 0.176 e. The first-order valence-electron chi connectivity index (χ1n) is 10.00. The van der Waals surface area contributed by atoms with Gasteiger partial charge < -0.3 is 10.6 Å². The Bertz CT molecular complexity index is 1250. The van der Waals surface area contributed by atoms with E-state index in [0.717, 1.165) is 16.9 Å². The first kappa shape index (κ1) is 22.0. The predicted octanol–water partition coefficient (Wildman–Crippen LogP) is 5.39. The molecule has 0 aliphatic carbocycles. The van der Waals surface area contributed by atoms with E-state index in [2.05, 4.69) is 52.0 Å². The lowest BCUT2D eigenvalue weighted by atomic mass is 10.1. The predicted molar refractivity (Wildman–Crippen MR) is 130 cm³/mol. The van der Waals surface area contributed by atoms with Gasteiger partial charge in [-0.15, -0.1) is 0 Å². The van der Waals surface area contributed by atoms with Gasteiger partial charge in [0.25, 0.3) is 0 Å². The molecule has 0 unspecified atom stereocenters. The minimum atomic E-state index is -0.364. The fraction of sp³-hybridized carbons (Fsp3) is 0.174. The molecule has 0 bridgehead atoms. The number of hydrogen-bond donors (Lipinski definition) is 2. The number of anilines is 2. The topological polar surface area (TPSA) is 59.7 Å². The summed E-state index contributed by atoms with van der Waals surface area (Å²) in [4.78, 5) is 0. The zero-order chi connectivity index (χ0) is 22.7. The van der Waals surface area contributed by atoms with Gasteiger partial charge in [0.15, 0.2) is 10.9 Å². The number of thiocarbonyl (C=S) groups is 1. The molecule has 0 saturated heterocycles. The van der Waals surface area contributed by atoms with Crippen LogP contribution in [0.2, 0.25) is 5.02 Å². The van der Waals surface area contributed by atoms with E-state index >= 15 is 0 Å². The van der Waals surface area contributed by atoms with Crippen molar-refractivity contribution in [2.75, 3.05) is 10.6 Å². The van der Waals surface area contributed by atoms with E-state index in [1.165, 1.54) is 23.3 Å². The number of nitrogens with one attached hydrogen (secondary N) is 2. The van der Waals surface area contributed by atoms with Crippen LogP contribution in [0.5, 0.6) is 0 Å². The highest BCUT2D eigenvalue weighted by atomic mass is 35.5. The Kier molecular flexibility index (Phi) is 6.53. The summed E-state index contributed by atoms with van der Waals surface area (Å²) in [6.07, 6.45) is 3.62. The first-order chi connectivity index (χ1) is 15.4. The van der Waals surface area contributed by atoms with Crippen molar-refractivity contribution in [2.24, 2.45) is 0 Å². The Balaban J connectivity index is 1.36. The third kappa shape index (κ3) is 5.52. The zero-order valence-electron chi connectivity index (χ0n) is 17.6. The standard InChI is InChI=1S/C23H22ClFN6S/c1-15-3-5-17(6-4-15)12-30-14-20(11-26-30)27-23(32)28-22-9-16(2)31(29-22)13-18-7-8-19(25)10-21(18)24/h3-11,14H,12-13H2,1-2H3,(H2,27,28,29,32). The summed E-state index contributed by atoms with van der Waals surface area (Å²) < 4.78 is 16.9. The molecule has 2 aromatic heterocycles. The summed E-state index contributed by atoms with van der Waals surface area (Å²) in [5.41, 5.74) is 4.89. The van der Waals surface area contributed by atoms with Crippen LogP contribution in [-0.4, -0.2) is 24.7 Å². The zero-order valence-corrected chi connectivity index (χ0v) is 19.2. The van der Waals surface area contributed by atoms with Crippen LogP contribution in [0.1, 0.15) is 22.4 Å². The van der Waals surface area contributed by atoms with Crippen LogP contribution < -0.4 is 10.6 Å². The van der Waals surface area contributed by atoms with Crippen molar-refractivity contribution in [3.05, 3.63) is 94.1 Å². The molecule has 0 aliphatic heterocycles. The van der Waals surface area contributed by atoms with Crippen LogP contribution in [0.25, 0.3) is 0 Å². The van der Waals surface area contributed by atoms with Gasteiger partial charge in [-0.05, 0) is 49.3 Å². The summed E-state index contributed by atoms with van der Waals surface area (Å²) >= 11 is 11.6. The van der Waals surface area contributed by atoms with Crippen LogP contribution in [0.3, 0.4) is 0 Å². The fourth-order valence-electron chi connectivity index (χ4n) is 3.22. The highest BCUT2D eigenvalue weighted by Crippen LogP contribution is 2.20. The van der Waals surface area contributed by atoms with Crippen molar-refractivity contribution >= 4 is 40.4 Å². The van der Waals surface area contributed by atoms with E-state index in [1.807, 2.05) is 23.9 Å². The number of nitrogens with zero attached hydrogens (tertiary/aromatic N) is 4. The van der Waals surface area contributed by atoms with Gasteiger partial charge in [0, 0.05) is 23.0 Å². The average Bonchev–Trinajstić information content (AvgIpc) is 3.31. The normalized spacial score (nSPS) is 10.9. The van der Waals surface area contributed by atoms with Gasteiger partial charge in [-0.25, -0.2) is 4.39 Å². The lowest BCUT2D eigenvalue weighted by Crippen LogP contribution is -2.19. The number of hydrogen-bond acceptors (Lipinski definition) is 3. The second-order valence-corrected chi connectivity index (χ2v) is 8.37. The Morgan fingerprint density at radius 3 is 2.59 bits per heavy atom. The minimum absolute atomic E-state index is 0.364. The maximum atomic E-state index is 13.3. The molecule has 164 valence electrons. The molecular weight excluding hydrogens is 447 g/mol. The molecule has 4 aromatic rings. The molecule has 0 fully saturated rings. The molecule has 2 aromatic carbocycles. The van der Waals surface area contributed by atoms with Crippen molar-refractivity contribution < 1.29 is 4.39 Å². The summed E-state index contributed by atoms with van der Waals surface area (Å²) in [6.45, 7) is 5.10. The molecule has 32 heavy (non-hydrogen) atoms. The third-order valence-electron chi connectivity index (χ3n) is 4.91. The number of aryl methyl sites for hydroxylation is 2. The van der Waals surface area contributed by atoms with Crippen LogP contribution in [0, 0.1) is 19.7 Å². The van der Waals surface area contributed by atoms with Gasteiger partial charge >= 0.3 is 0 Å². The summed E-state index contributed by atoms with van der Waals surface area (Å²) in [6, 6.07) is 14.6. The quantitative estimate of drug-likeness (QED) is 0.371. The monoisotopic (exact) mass is 468 g/mol. The Labute approximate surface area is 196 Å². The van der Waals surface area contributed by atoms with Crippen LogP contribution >= 0.6 is 23.8 Å². The van der Waals surface area contributed by atoms with Gasteiger partial charge in [-0.1, -0.05) is 47.5 Å². The average molecular weight is 469 g/mol. The Morgan fingerprint density at radius 2 is 1.84 bits per heavy atom. The largest absolute Gasteiger partial charge is 0.330 e. The third-order valence-corrected chi connectivity index (χ3v) is 5.47. The molecule has 2 heterocycles. The summed E-state index contributed by atoms with van der Waals surface area (Å²) in [5, 5.41) is 15.9. The number of aromatic nitrogens is 4. The van der Waals surface area contributed by atoms with Gasteiger partial charge in [-0.2, -0.15) is 10.2 Å². The van der Waals surface area contributed by atoms with Gasteiger partial charge in [-0.3, -0.25) is 9.36 Å². The maximum absolute atomic E-state index is 13.3. The Hall–Kier alpha value is -3.23. The molecule has 0 aliphatic rings. The molecule has 0 atom stereocenters. The molecule has 6 nitrogen and oxygen atoms in total. The molecule has 0 amide bonds. The van der Waals surface area contributed by atoms with Crippen molar-refractivity contribution in [2.45, 2.75) is 26.9 Å². The SMILES string of the molecule is Cc1ccc(Cn2cc(NC(=S)Nc3cc(C)n(Cc4ccc(F)cc4Cl)n3)cn2)cc1. The molecule has 0 spiro atoms. The number of benzene rings is 2. The van der Waals surface area contributed by atoms with Crippen LogP contribution in [0.4, 0.5) is 15.9 Å². The minimum Gasteiger partial charge on any atom is -0.330 e. The van der Waals surface area contributed by atoms with Gasteiger partial charge in [0.05, 0.1) is 25.0 Å². The van der Waals surface area contributed by atoms with Gasteiger partial charge in [0.1, 0.15) is 5.82 Å². The van der Waals surface area contributed by atoms with Crippen molar-refractivity contribution in [3.8, 4) is 0 Å². The lowest BCUT2D eigenvalue weighted by Gasteiger charge is -2.08. The molecular formula is C23H22ClFN6S. The van der Waals surface area contributed by atoms with Crippen LogP contribution in [0.15, 0.2) is 60.9 Å². The number of halogens is 2. The van der Waals surface area contributed by atoms with E-state index in [0.29, 0.717) is 29.0 Å². The highest BCUT2D eigenvalue weighted by Gasteiger charge is 2.10. The first-order valence-corrected chi connectivity index (χ1v) is 10.8. The van der Waals surface area contributed by atoms with Crippen molar-refractivity contribution in [3.63, 3.8) is 0 Å². The van der Waals surface area contributed by atoms with E-state index < -0.39 is 0 Å². The molecule has 0 saturated carbocycles. The van der Waals surface area contributed by atoms with Crippen LogP contribution in [-0.2, 0) is 13.1 Å². The molecule has 0 radical (unpaired) electrons. The van der Waals surface area contributed by atoms with E-state index in [9.17, 15) is 4.39 Å². The van der Waals surface area contributed by atoms with Crippen molar-refractivity contribution in [1.29, 1.82) is 0 Å². The second kappa shape index (κ2) is 9.50. The highest BCUT2D eigenvalue weighted by molar-refractivity contribution is 7.80. The maximum Gasteiger partial charge on any atom is 0.176 e. The lowest BCUT2D eigenvalue weighted by molar-refractivity contribution is 0.623. The summed E-state index contributed by atoms with van der Waals surface area (Å²) in [5.74, 6) is 0.238. The Morgan fingerprint density at radius 1 is 1.06 bits per heavy atom. The fourth-order valence-corrected chi connectivity index (χ4v) is 3.67. The summed E-state index contributed by atoms with van der Waals surface area (Å²) in [7, 11) is 0. The van der Waals surface area contributed by atoms with E-state index in [4.69, 9.17) is 23.8 Å². The van der Waals surface area contributed by atoms with Crippen molar-refractivity contribution in [1.82, 2.24) is 19.6 Å². The van der Waals surface area contributed by atoms with E-state index in [-0.39, 0.29) is 5.82 Å². The van der Waals surface area contributed by atoms with Gasteiger partial charge in [0.2, 0.25) is 0 Å². The second-order valence-electron chi connectivity index (χ2n) is 7.56. The number of rotatable bonds is 6. The van der Waals surface area contributed by atoms with E-state index in [1.54, 1.807) is 16.9 Å².